The Kier molecular flexibility index (Phi) is 2.58. The van der Waals surface area contributed by atoms with Crippen LogP contribution in [0.1, 0.15) is 20.8 Å². The van der Waals surface area contributed by atoms with E-state index in [0.717, 1.165) is 26.2 Å². The highest BCUT2D eigenvalue weighted by Crippen LogP contribution is 2.27. The van der Waals surface area contributed by atoms with E-state index in [0.29, 0.717) is 12.1 Å². The first-order valence-electron chi connectivity index (χ1n) is 5.55. The lowest BCUT2D eigenvalue weighted by Crippen LogP contribution is -2.48. The second-order valence-corrected chi connectivity index (χ2v) is 5.53. The van der Waals surface area contributed by atoms with Crippen molar-refractivity contribution in [1.29, 1.82) is 0 Å². The molecule has 2 fully saturated rings. The minimum absolute atomic E-state index is 0.279. The van der Waals surface area contributed by atoms with Crippen LogP contribution in [0.5, 0.6) is 0 Å². The first-order valence-corrected chi connectivity index (χ1v) is 5.55. The maximum absolute atomic E-state index is 5.81. The molecule has 0 aromatic heterocycles. The van der Waals surface area contributed by atoms with Crippen LogP contribution in [0.4, 0.5) is 0 Å². The number of hydrogen-bond donors (Lipinski definition) is 0. The maximum Gasteiger partial charge on any atom is 0.0870 e. The van der Waals surface area contributed by atoms with Crippen LogP contribution in [-0.2, 0) is 4.74 Å². The quantitative estimate of drug-likeness (QED) is 0.572. The van der Waals surface area contributed by atoms with Crippen molar-refractivity contribution in [2.45, 2.75) is 38.5 Å². The Bertz CT molecular complexity index is 212. The van der Waals surface area contributed by atoms with Crippen molar-refractivity contribution in [3.8, 4) is 0 Å². The largest absolute Gasteiger partial charge is 0.374 e. The van der Waals surface area contributed by atoms with Gasteiger partial charge in [-0.25, -0.2) is 0 Å². The molecule has 0 aromatic rings. The third-order valence-electron chi connectivity index (χ3n) is 3.53. The van der Waals surface area contributed by atoms with Gasteiger partial charge in [-0.1, -0.05) is 0 Å². The first kappa shape index (κ1) is 10.4. The number of fused-ring (bicyclic) bond motifs is 1. The molecule has 14 heavy (non-hydrogen) atoms. The summed E-state index contributed by atoms with van der Waals surface area (Å²) in [6, 6.07) is 0.614. The van der Waals surface area contributed by atoms with Crippen LogP contribution in [-0.4, -0.2) is 60.8 Å². The van der Waals surface area contributed by atoms with Gasteiger partial charge in [0.1, 0.15) is 0 Å². The molecule has 2 heterocycles. The van der Waals surface area contributed by atoms with E-state index < -0.39 is 0 Å². The van der Waals surface area contributed by atoms with Crippen LogP contribution >= 0.6 is 0 Å². The van der Waals surface area contributed by atoms with Crippen LogP contribution < -0.4 is 0 Å². The molecule has 3 heteroatoms. The SMILES string of the molecule is CN1CCO[C@@H]2CN(C(C)(C)C)C[C@@H]21. The van der Waals surface area contributed by atoms with Crippen LogP contribution in [0.2, 0.25) is 0 Å². The van der Waals surface area contributed by atoms with Gasteiger partial charge in [-0.15, -0.1) is 0 Å². The summed E-state index contributed by atoms with van der Waals surface area (Å²) in [7, 11) is 2.21. The van der Waals surface area contributed by atoms with Crippen molar-refractivity contribution in [3.05, 3.63) is 0 Å². The molecule has 0 unspecified atom stereocenters. The highest BCUT2D eigenvalue weighted by Gasteiger charge is 2.41. The summed E-state index contributed by atoms with van der Waals surface area (Å²) in [4.78, 5) is 4.98. The maximum atomic E-state index is 5.81. The molecule has 0 aliphatic carbocycles. The molecule has 2 aliphatic rings. The van der Waals surface area contributed by atoms with Crippen LogP contribution in [0, 0.1) is 0 Å². The zero-order chi connectivity index (χ0) is 10.3. The molecule has 0 spiro atoms. The second kappa shape index (κ2) is 3.47. The van der Waals surface area contributed by atoms with Gasteiger partial charge in [0.05, 0.1) is 12.7 Å². The van der Waals surface area contributed by atoms with E-state index in [4.69, 9.17) is 4.74 Å². The normalized spacial score (nSPS) is 36.0. The summed E-state index contributed by atoms with van der Waals surface area (Å²) in [6.07, 6.45) is 0.438. The average molecular weight is 198 g/mol. The Labute approximate surface area is 87.0 Å². The molecule has 0 radical (unpaired) electrons. The minimum Gasteiger partial charge on any atom is -0.374 e. The number of likely N-dealkylation sites (N-methyl/N-ethyl adjacent to an activating group) is 1. The molecule has 82 valence electrons. The molecule has 2 aliphatic heterocycles. The van der Waals surface area contributed by atoms with Crippen LogP contribution in [0.3, 0.4) is 0 Å². The molecule has 0 bridgehead atoms. The van der Waals surface area contributed by atoms with Gasteiger partial charge in [-0.2, -0.15) is 0 Å². The molecular weight excluding hydrogens is 176 g/mol. The number of morpholine rings is 1. The number of nitrogens with zero attached hydrogens (tertiary/aromatic N) is 2. The monoisotopic (exact) mass is 198 g/mol. The molecule has 3 nitrogen and oxygen atoms in total. The fraction of sp³-hybridized carbons (Fsp3) is 1.00. The number of likely N-dealkylation sites (tertiary alicyclic amines) is 1. The average Bonchev–Trinajstić information content (AvgIpc) is 2.48. The zero-order valence-electron chi connectivity index (χ0n) is 9.79. The lowest BCUT2D eigenvalue weighted by atomic mass is 10.1. The van der Waals surface area contributed by atoms with E-state index in [-0.39, 0.29) is 5.54 Å². The van der Waals surface area contributed by atoms with Gasteiger partial charge in [0.25, 0.3) is 0 Å². The highest BCUT2D eigenvalue weighted by molar-refractivity contribution is 4.97. The van der Waals surface area contributed by atoms with E-state index in [2.05, 4.69) is 37.6 Å². The summed E-state index contributed by atoms with van der Waals surface area (Å²) < 4.78 is 5.81. The molecule has 2 atom stereocenters. The van der Waals surface area contributed by atoms with Gasteiger partial charge in [0.15, 0.2) is 0 Å². The van der Waals surface area contributed by atoms with Gasteiger partial charge in [0, 0.05) is 31.2 Å². The smallest absolute Gasteiger partial charge is 0.0870 e. The van der Waals surface area contributed by atoms with Crippen molar-refractivity contribution in [3.63, 3.8) is 0 Å². The van der Waals surface area contributed by atoms with Crippen molar-refractivity contribution >= 4 is 0 Å². The number of rotatable bonds is 0. The van der Waals surface area contributed by atoms with Crippen molar-refractivity contribution < 1.29 is 4.74 Å². The topological polar surface area (TPSA) is 15.7 Å². The fourth-order valence-corrected chi connectivity index (χ4v) is 2.41. The zero-order valence-corrected chi connectivity index (χ0v) is 9.79. The summed E-state index contributed by atoms with van der Waals surface area (Å²) in [5, 5.41) is 0. The van der Waals surface area contributed by atoms with Crippen LogP contribution in [0.25, 0.3) is 0 Å². The lowest BCUT2D eigenvalue weighted by molar-refractivity contribution is -0.0375. The van der Waals surface area contributed by atoms with Crippen molar-refractivity contribution in [2.24, 2.45) is 0 Å². The predicted molar refractivity (Wildman–Crippen MR) is 57.5 cm³/mol. The summed E-state index contributed by atoms with van der Waals surface area (Å²) in [5.74, 6) is 0. The molecule has 0 saturated carbocycles. The Morgan fingerprint density at radius 3 is 2.50 bits per heavy atom. The van der Waals surface area contributed by atoms with Crippen molar-refractivity contribution in [2.75, 3.05) is 33.3 Å². The molecule has 2 saturated heterocycles. The molecule has 2 rings (SSSR count). The highest BCUT2D eigenvalue weighted by atomic mass is 16.5. The van der Waals surface area contributed by atoms with Crippen LogP contribution in [0.15, 0.2) is 0 Å². The Hall–Kier alpha value is -0.120. The van der Waals surface area contributed by atoms with E-state index >= 15 is 0 Å². The van der Waals surface area contributed by atoms with E-state index in [1.54, 1.807) is 0 Å². The molecule has 0 aromatic carbocycles. The first-order chi connectivity index (χ1) is 6.48. The summed E-state index contributed by atoms with van der Waals surface area (Å²) >= 11 is 0. The standard InChI is InChI=1S/C11H22N2O/c1-11(2,3)13-7-9-10(8-13)14-6-5-12(9)4/h9-10H,5-8H2,1-4H3/t9-,10+/m0/s1. The van der Waals surface area contributed by atoms with Gasteiger partial charge >= 0.3 is 0 Å². The third-order valence-corrected chi connectivity index (χ3v) is 3.53. The number of ether oxygens (including phenoxy) is 1. The van der Waals surface area contributed by atoms with E-state index in [1.165, 1.54) is 0 Å². The second-order valence-electron chi connectivity index (χ2n) is 5.53. The molecule has 0 N–H and O–H groups in total. The Morgan fingerprint density at radius 1 is 1.21 bits per heavy atom. The van der Waals surface area contributed by atoms with Gasteiger partial charge in [-0.05, 0) is 27.8 Å². The molecule has 0 amide bonds. The lowest BCUT2D eigenvalue weighted by Gasteiger charge is -2.34. The Morgan fingerprint density at radius 2 is 1.93 bits per heavy atom. The number of hydrogen-bond acceptors (Lipinski definition) is 3. The fourth-order valence-electron chi connectivity index (χ4n) is 2.41. The van der Waals surface area contributed by atoms with Gasteiger partial charge in [0.2, 0.25) is 0 Å². The summed E-state index contributed by atoms with van der Waals surface area (Å²) in [5.41, 5.74) is 0.279. The summed E-state index contributed by atoms with van der Waals surface area (Å²) in [6.45, 7) is 11.1. The minimum atomic E-state index is 0.279. The third kappa shape index (κ3) is 1.81. The van der Waals surface area contributed by atoms with E-state index in [9.17, 15) is 0 Å². The van der Waals surface area contributed by atoms with Gasteiger partial charge < -0.3 is 4.74 Å². The van der Waals surface area contributed by atoms with E-state index in [1.807, 2.05) is 0 Å². The van der Waals surface area contributed by atoms with Gasteiger partial charge in [-0.3, -0.25) is 9.80 Å². The van der Waals surface area contributed by atoms with Crippen molar-refractivity contribution in [1.82, 2.24) is 9.80 Å². The molecular formula is C11H22N2O. The Balaban J connectivity index is 2.04. The predicted octanol–water partition coefficient (Wildman–Crippen LogP) is 0.800.